The van der Waals surface area contributed by atoms with E-state index < -0.39 is 6.10 Å². The topological polar surface area (TPSA) is 75.4 Å². The molecule has 128 valence electrons. The Morgan fingerprint density at radius 2 is 2.12 bits per heavy atom. The lowest BCUT2D eigenvalue weighted by Crippen LogP contribution is -2.45. The lowest BCUT2D eigenvalue weighted by molar-refractivity contribution is -0.123. The summed E-state index contributed by atoms with van der Waals surface area (Å²) >= 11 is 6.14. The predicted molar refractivity (Wildman–Crippen MR) is 91.7 cm³/mol. The van der Waals surface area contributed by atoms with Crippen LogP contribution in [-0.4, -0.2) is 28.1 Å². The molecule has 1 fully saturated rings. The normalized spacial score (nSPS) is 20.8. The molecule has 2 unspecified atom stereocenters. The number of hydrogen-bond donors (Lipinski definition) is 2. The van der Waals surface area contributed by atoms with Gasteiger partial charge in [0.15, 0.2) is 11.7 Å². The number of halogens is 1. The fourth-order valence-corrected chi connectivity index (χ4v) is 3.22. The first-order chi connectivity index (χ1) is 11.6. The number of carbonyl (C=O) groups excluding carboxylic acids is 1. The summed E-state index contributed by atoms with van der Waals surface area (Å²) in [6.45, 7) is 0. The van der Waals surface area contributed by atoms with Gasteiger partial charge in [0.05, 0.1) is 23.4 Å². The lowest BCUT2D eigenvalue weighted by atomic mass is 9.92. The Labute approximate surface area is 146 Å². The molecule has 2 N–H and O–H groups in total. The maximum Gasteiger partial charge on any atom is 0.220 e. The van der Waals surface area contributed by atoms with Crippen molar-refractivity contribution in [1.82, 2.24) is 10.3 Å². The van der Waals surface area contributed by atoms with Gasteiger partial charge in [0.2, 0.25) is 5.91 Å². The molecule has 2 atom stereocenters. The average Bonchev–Trinajstić information content (AvgIpc) is 3.04. The largest absolute Gasteiger partial charge is 0.441 e. The van der Waals surface area contributed by atoms with Gasteiger partial charge in [-0.2, -0.15) is 0 Å². The molecular formula is C18H21ClN2O3. The summed E-state index contributed by atoms with van der Waals surface area (Å²) in [5.41, 5.74) is 0.785. The van der Waals surface area contributed by atoms with Gasteiger partial charge in [-0.1, -0.05) is 36.6 Å². The van der Waals surface area contributed by atoms with Crippen LogP contribution in [0.4, 0.5) is 0 Å². The molecule has 24 heavy (non-hydrogen) atoms. The van der Waals surface area contributed by atoms with Crippen molar-refractivity contribution in [2.24, 2.45) is 0 Å². The third kappa shape index (κ3) is 4.16. The first-order valence-electron chi connectivity index (χ1n) is 8.30. The number of oxazole rings is 1. The molecule has 1 aliphatic carbocycles. The number of nitrogens with zero attached hydrogens (tertiary/aromatic N) is 1. The first kappa shape index (κ1) is 17.0. The summed E-state index contributed by atoms with van der Waals surface area (Å²) in [6, 6.07) is 7.26. The smallest absolute Gasteiger partial charge is 0.220 e. The number of benzene rings is 1. The molecular weight excluding hydrogens is 328 g/mol. The molecule has 1 saturated carbocycles. The van der Waals surface area contributed by atoms with E-state index in [1.807, 2.05) is 18.2 Å². The van der Waals surface area contributed by atoms with Crippen LogP contribution in [0.25, 0.3) is 11.3 Å². The third-order valence-electron chi connectivity index (χ3n) is 4.33. The molecule has 1 amide bonds. The summed E-state index contributed by atoms with van der Waals surface area (Å²) < 4.78 is 5.69. The second-order valence-electron chi connectivity index (χ2n) is 6.12. The summed E-state index contributed by atoms with van der Waals surface area (Å²) in [6.07, 6.45) is 5.55. The van der Waals surface area contributed by atoms with Gasteiger partial charge in [-0.05, 0) is 25.0 Å². The number of aromatic nitrogens is 1. The monoisotopic (exact) mass is 348 g/mol. The molecule has 1 aliphatic rings. The molecule has 1 aromatic carbocycles. The zero-order valence-electron chi connectivity index (χ0n) is 13.4. The van der Waals surface area contributed by atoms with Gasteiger partial charge in [0, 0.05) is 18.4 Å². The molecule has 0 spiro atoms. The minimum atomic E-state index is -0.434. The maximum absolute atomic E-state index is 12.0. The Morgan fingerprint density at radius 1 is 1.33 bits per heavy atom. The summed E-state index contributed by atoms with van der Waals surface area (Å²) in [5.74, 6) is 1.02. The molecule has 0 bridgehead atoms. The zero-order chi connectivity index (χ0) is 16.9. The number of nitrogens with one attached hydrogen (secondary N) is 1. The van der Waals surface area contributed by atoms with Crippen molar-refractivity contribution in [2.75, 3.05) is 0 Å². The fourth-order valence-electron chi connectivity index (χ4n) is 2.99. The number of hydrogen-bond acceptors (Lipinski definition) is 4. The van der Waals surface area contributed by atoms with Gasteiger partial charge in [-0.3, -0.25) is 4.79 Å². The van der Waals surface area contributed by atoms with E-state index in [1.165, 1.54) is 0 Å². The van der Waals surface area contributed by atoms with E-state index >= 15 is 0 Å². The highest BCUT2D eigenvalue weighted by Crippen LogP contribution is 2.28. The minimum Gasteiger partial charge on any atom is -0.441 e. The van der Waals surface area contributed by atoms with Crippen LogP contribution in [-0.2, 0) is 11.2 Å². The first-order valence-corrected chi connectivity index (χ1v) is 8.68. The molecule has 1 heterocycles. The van der Waals surface area contributed by atoms with E-state index in [2.05, 4.69) is 10.3 Å². The zero-order valence-corrected chi connectivity index (χ0v) is 14.1. The van der Waals surface area contributed by atoms with E-state index in [0.29, 0.717) is 23.1 Å². The highest BCUT2D eigenvalue weighted by Gasteiger charge is 2.24. The van der Waals surface area contributed by atoms with E-state index in [9.17, 15) is 9.90 Å². The molecule has 0 aliphatic heterocycles. The quantitative estimate of drug-likeness (QED) is 0.868. The van der Waals surface area contributed by atoms with Gasteiger partial charge < -0.3 is 14.8 Å². The number of rotatable bonds is 5. The van der Waals surface area contributed by atoms with Crippen molar-refractivity contribution in [3.63, 3.8) is 0 Å². The summed E-state index contributed by atoms with van der Waals surface area (Å²) in [5, 5.41) is 13.4. The van der Waals surface area contributed by atoms with Gasteiger partial charge >= 0.3 is 0 Å². The van der Waals surface area contributed by atoms with Crippen LogP contribution in [0, 0.1) is 0 Å². The van der Waals surface area contributed by atoms with Crippen LogP contribution < -0.4 is 5.32 Å². The van der Waals surface area contributed by atoms with Gasteiger partial charge in [0.1, 0.15) is 0 Å². The molecule has 5 nitrogen and oxygen atoms in total. The Morgan fingerprint density at radius 3 is 2.92 bits per heavy atom. The van der Waals surface area contributed by atoms with Crippen molar-refractivity contribution < 1.29 is 14.3 Å². The molecule has 6 heteroatoms. The van der Waals surface area contributed by atoms with Crippen molar-refractivity contribution in [1.29, 1.82) is 0 Å². The fraction of sp³-hybridized carbons (Fsp3) is 0.444. The van der Waals surface area contributed by atoms with Crippen molar-refractivity contribution in [2.45, 2.75) is 50.7 Å². The third-order valence-corrected chi connectivity index (χ3v) is 4.66. The Balaban J connectivity index is 1.54. The van der Waals surface area contributed by atoms with Crippen LogP contribution >= 0.6 is 11.6 Å². The van der Waals surface area contributed by atoms with Gasteiger partial charge in [-0.25, -0.2) is 4.98 Å². The number of aryl methyl sites for hydroxylation is 1. The SMILES string of the molecule is O=C(CCc1ncc(-c2ccccc2Cl)o1)NC1CCCCC1O. The Bertz CT molecular complexity index is 701. The van der Waals surface area contributed by atoms with E-state index in [1.54, 1.807) is 12.3 Å². The number of carbonyl (C=O) groups is 1. The van der Waals surface area contributed by atoms with Crippen LogP contribution in [0.3, 0.4) is 0 Å². The molecule has 0 saturated heterocycles. The van der Waals surface area contributed by atoms with Crippen LogP contribution in [0.15, 0.2) is 34.9 Å². The highest BCUT2D eigenvalue weighted by molar-refractivity contribution is 6.33. The second-order valence-corrected chi connectivity index (χ2v) is 6.53. The van der Waals surface area contributed by atoms with Crippen LogP contribution in [0.2, 0.25) is 5.02 Å². The van der Waals surface area contributed by atoms with E-state index in [4.69, 9.17) is 16.0 Å². The number of aliphatic hydroxyl groups excluding tert-OH is 1. The average molecular weight is 349 g/mol. The minimum absolute atomic E-state index is 0.0848. The van der Waals surface area contributed by atoms with Crippen LogP contribution in [0.1, 0.15) is 38.0 Å². The van der Waals surface area contributed by atoms with Gasteiger partial charge in [0.25, 0.3) is 0 Å². The lowest BCUT2D eigenvalue weighted by Gasteiger charge is -2.28. The second kappa shape index (κ2) is 7.81. The molecule has 2 aromatic rings. The predicted octanol–water partition coefficient (Wildman–Crippen LogP) is 3.35. The molecule has 3 rings (SSSR count). The summed E-state index contributed by atoms with van der Waals surface area (Å²) in [7, 11) is 0. The molecule has 0 radical (unpaired) electrons. The Hall–Kier alpha value is -1.85. The Kier molecular flexibility index (Phi) is 5.53. The van der Waals surface area contributed by atoms with E-state index in [-0.39, 0.29) is 18.4 Å². The molecule has 1 aromatic heterocycles. The summed E-state index contributed by atoms with van der Waals surface area (Å²) in [4.78, 5) is 16.3. The highest BCUT2D eigenvalue weighted by atomic mass is 35.5. The van der Waals surface area contributed by atoms with E-state index in [0.717, 1.165) is 31.2 Å². The van der Waals surface area contributed by atoms with Crippen molar-refractivity contribution in [3.8, 4) is 11.3 Å². The standard InChI is InChI=1S/C18H21ClN2O3/c19-13-6-2-1-5-12(13)16-11-20-18(24-16)10-9-17(23)21-14-7-3-4-8-15(14)22/h1-2,5-6,11,14-15,22H,3-4,7-10H2,(H,21,23). The number of amides is 1. The van der Waals surface area contributed by atoms with Crippen LogP contribution in [0.5, 0.6) is 0 Å². The van der Waals surface area contributed by atoms with Gasteiger partial charge in [-0.15, -0.1) is 0 Å². The van der Waals surface area contributed by atoms with Crippen molar-refractivity contribution >= 4 is 17.5 Å². The number of aliphatic hydroxyl groups is 1. The van der Waals surface area contributed by atoms with Crippen molar-refractivity contribution in [3.05, 3.63) is 41.4 Å². The maximum atomic E-state index is 12.0.